The van der Waals surface area contributed by atoms with Crippen molar-refractivity contribution < 1.29 is 53.1 Å². The molecule has 1 aliphatic rings. The quantitative estimate of drug-likeness (QED) is 0.0135. The predicted octanol–water partition coefficient (Wildman–Crippen LogP) is -3.44. The Kier molecular flexibility index (Phi) is 27.5. The number of aliphatic hydroxyl groups excluding tert-OH is 1. The van der Waals surface area contributed by atoms with Gasteiger partial charge in [0.1, 0.15) is 42.5 Å². The van der Waals surface area contributed by atoms with Crippen LogP contribution in [0.3, 0.4) is 0 Å². The maximum absolute atomic E-state index is 14.0. The molecule has 1 saturated heterocycles. The number of carbonyl (C=O) groups excluding carboxylic acids is 10. The van der Waals surface area contributed by atoms with E-state index in [2.05, 4.69) is 42.5 Å². The van der Waals surface area contributed by atoms with E-state index in [-0.39, 0.29) is 38.3 Å². The number of carbonyl (C=O) groups is 10. The van der Waals surface area contributed by atoms with Crippen LogP contribution in [0.15, 0.2) is 0 Å². The van der Waals surface area contributed by atoms with Gasteiger partial charge in [-0.25, -0.2) is 0 Å². The van der Waals surface area contributed by atoms with E-state index >= 15 is 0 Å². The van der Waals surface area contributed by atoms with Crippen LogP contribution in [0.4, 0.5) is 0 Å². The fourth-order valence-electron chi connectivity index (χ4n) is 7.17. The first-order valence-electron chi connectivity index (χ1n) is 23.1. The van der Waals surface area contributed by atoms with E-state index in [0.717, 1.165) is 4.90 Å². The number of nitrogens with one attached hydrogen (secondary N) is 9. The van der Waals surface area contributed by atoms with Gasteiger partial charge in [-0.3, -0.25) is 48.6 Å². The highest BCUT2D eigenvalue weighted by molar-refractivity contribution is 5.98. The number of nitrogens with zero attached hydrogens (tertiary/aromatic N) is 2. The molecule has 9 unspecified atom stereocenters. The molecule has 0 saturated carbocycles. The molecule has 24 heteroatoms. The predicted molar refractivity (Wildman–Crippen MR) is 247 cm³/mol. The number of likely N-dealkylation sites (tertiary alicyclic amines) is 1. The molecule has 0 spiro atoms. The number of hydrogen-bond donors (Lipinski definition) is 12. The Morgan fingerprint density at radius 3 is 1.87 bits per heavy atom. The van der Waals surface area contributed by atoms with Crippen molar-refractivity contribution in [2.24, 2.45) is 23.3 Å². The van der Waals surface area contributed by atoms with E-state index in [4.69, 9.17) is 16.9 Å². The zero-order valence-electron chi connectivity index (χ0n) is 40.1. The first-order chi connectivity index (χ1) is 31.6. The van der Waals surface area contributed by atoms with Crippen LogP contribution in [0.2, 0.25) is 0 Å². The molecule has 0 aromatic rings. The lowest BCUT2D eigenvalue weighted by atomic mass is 9.96. The summed E-state index contributed by atoms with van der Waals surface area (Å²) in [4.78, 5) is 133. The Labute approximate surface area is 393 Å². The molecule has 24 nitrogen and oxygen atoms in total. The summed E-state index contributed by atoms with van der Waals surface area (Å²) in [5, 5.41) is 38.9. The molecule has 0 radical (unpaired) electrons. The molecule has 67 heavy (non-hydrogen) atoms. The summed E-state index contributed by atoms with van der Waals surface area (Å²) in [6.45, 7) is 9.83. The van der Waals surface area contributed by atoms with Gasteiger partial charge in [0.05, 0.1) is 25.2 Å². The summed E-state index contributed by atoms with van der Waals surface area (Å²) in [5.41, 5.74) is 11.1. The van der Waals surface area contributed by atoms with Crippen molar-refractivity contribution >= 4 is 65.9 Å². The Balaban J connectivity index is 3.27. The maximum Gasteiger partial charge on any atom is 0.245 e. The van der Waals surface area contributed by atoms with Gasteiger partial charge in [0, 0.05) is 20.1 Å². The highest BCUT2D eigenvalue weighted by Crippen LogP contribution is 2.18. The Bertz CT molecular complexity index is 1680. The van der Waals surface area contributed by atoms with Crippen molar-refractivity contribution in [2.75, 3.05) is 39.8 Å². The molecule has 0 bridgehead atoms. The zero-order chi connectivity index (χ0) is 50.8. The molecule has 1 heterocycles. The van der Waals surface area contributed by atoms with Crippen molar-refractivity contribution in [1.29, 1.82) is 5.41 Å². The van der Waals surface area contributed by atoms with Gasteiger partial charge < -0.3 is 73.7 Å². The number of rotatable bonds is 32. The maximum atomic E-state index is 14.0. The number of aldehydes is 1. The number of unbranched alkanes of at least 4 members (excludes halogenated alkanes) is 1. The molecule has 1 rings (SSSR count). The van der Waals surface area contributed by atoms with E-state index in [1.807, 2.05) is 0 Å². The van der Waals surface area contributed by atoms with Crippen LogP contribution < -0.4 is 54.0 Å². The first-order valence-corrected chi connectivity index (χ1v) is 23.1. The minimum Gasteiger partial charge on any atom is -0.391 e. The average molecular weight is 952 g/mol. The zero-order valence-corrected chi connectivity index (χ0v) is 40.1. The minimum absolute atomic E-state index is 0.0782. The highest BCUT2D eigenvalue weighted by Gasteiger charge is 2.38. The molecular formula is C43H77N13O11. The standard InChI is InChI=1S/C43H77N13O11/c1-8-14-29(37(62)49-30(16-10-11-18-44)38(63)51-31(17-12-19-47-43(45)46)42(67)56-20-13-15-28(56)23-57)50-41(66)36(27(6)59)54-40(65)35(26(5)9-2)53-39(64)34(25(3)4)52-32(60)21-48-33(61)22-55(7)24-58/h23-31,34-36,59H,8-22,44H2,1-7H3,(H,48,61)(H,49,62)(H,50,66)(H,51,63)(H,52,60)(H,53,64)(H,54,65)(H4,45,46,47). The molecule has 9 atom stereocenters. The third kappa shape index (κ3) is 21.1. The van der Waals surface area contributed by atoms with E-state index < -0.39 is 114 Å². The van der Waals surface area contributed by atoms with Crippen LogP contribution in [0.1, 0.15) is 106 Å². The van der Waals surface area contributed by atoms with Crippen LogP contribution in [0.25, 0.3) is 0 Å². The summed E-state index contributed by atoms with van der Waals surface area (Å²) in [6, 6.07) is -8.23. The van der Waals surface area contributed by atoms with Gasteiger partial charge >= 0.3 is 0 Å². The molecule has 1 fully saturated rings. The van der Waals surface area contributed by atoms with Gasteiger partial charge in [0.15, 0.2) is 5.96 Å². The Morgan fingerprint density at radius 1 is 0.746 bits per heavy atom. The lowest BCUT2D eigenvalue weighted by Crippen LogP contribution is -2.62. The van der Waals surface area contributed by atoms with Gasteiger partial charge in [-0.2, -0.15) is 0 Å². The van der Waals surface area contributed by atoms with E-state index in [9.17, 15) is 53.1 Å². The van der Waals surface area contributed by atoms with Gasteiger partial charge in [-0.1, -0.05) is 47.5 Å². The average Bonchev–Trinajstić information content (AvgIpc) is 3.77. The van der Waals surface area contributed by atoms with Gasteiger partial charge in [-0.05, 0) is 76.7 Å². The minimum atomic E-state index is -1.63. The lowest BCUT2D eigenvalue weighted by Gasteiger charge is -2.31. The van der Waals surface area contributed by atoms with Crippen molar-refractivity contribution in [3.05, 3.63) is 0 Å². The van der Waals surface area contributed by atoms with Gasteiger partial charge in [0.25, 0.3) is 0 Å². The number of aliphatic hydroxyl groups is 1. The monoisotopic (exact) mass is 952 g/mol. The Hall–Kier alpha value is -5.91. The topological polar surface area (TPSA) is 370 Å². The Morgan fingerprint density at radius 2 is 1.31 bits per heavy atom. The largest absolute Gasteiger partial charge is 0.391 e. The van der Waals surface area contributed by atoms with Crippen LogP contribution in [0, 0.1) is 17.2 Å². The van der Waals surface area contributed by atoms with Crippen LogP contribution in [-0.2, 0) is 47.9 Å². The second-order valence-electron chi connectivity index (χ2n) is 17.3. The first kappa shape index (κ1) is 59.1. The summed E-state index contributed by atoms with van der Waals surface area (Å²) in [7, 11) is 1.38. The molecule has 9 amide bonds. The van der Waals surface area contributed by atoms with E-state index in [0.29, 0.717) is 70.7 Å². The molecule has 0 aromatic carbocycles. The molecule has 0 aliphatic carbocycles. The summed E-state index contributed by atoms with van der Waals surface area (Å²) >= 11 is 0. The van der Waals surface area contributed by atoms with E-state index in [1.54, 1.807) is 34.6 Å². The number of amides is 9. The smallest absolute Gasteiger partial charge is 0.245 e. The van der Waals surface area contributed by atoms with Crippen LogP contribution >= 0.6 is 0 Å². The van der Waals surface area contributed by atoms with Crippen LogP contribution in [0.5, 0.6) is 0 Å². The molecule has 0 aromatic heterocycles. The lowest BCUT2D eigenvalue weighted by molar-refractivity contribution is -0.140. The number of guanidine groups is 1. The van der Waals surface area contributed by atoms with Crippen molar-refractivity contribution in [1.82, 2.24) is 52.3 Å². The second kappa shape index (κ2) is 31.1. The molecule has 14 N–H and O–H groups in total. The molecule has 380 valence electrons. The summed E-state index contributed by atoms with van der Waals surface area (Å²) in [6.07, 6.45) is 3.03. The van der Waals surface area contributed by atoms with E-state index in [1.165, 1.54) is 18.9 Å². The third-order valence-corrected chi connectivity index (χ3v) is 11.3. The van der Waals surface area contributed by atoms with Gasteiger partial charge in [-0.15, -0.1) is 0 Å². The van der Waals surface area contributed by atoms with Crippen molar-refractivity contribution in [3.63, 3.8) is 0 Å². The van der Waals surface area contributed by atoms with Gasteiger partial charge in [0.2, 0.25) is 53.7 Å². The normalized spacial score (nSPS) is 16.9. The third-order valence-electron chi connectivity index (χ3n) is 11.3. The van der Waals surface area contributed by atoms with Crippen molar-refractivity contribution in [2.45, 2.75) is 154 Å². The SMILES string of the molecule is CCCC(NC(=O)C(NC(=O)C(NC(=O)C(NC(=O)CNC(=O)CN(C)C=O)C(C)C)C(C)CC)C(C)O)C(=O)NC(CCCCN)C(=O)NC(CCCNC(=N)N)C(=O)N1CCCC1C=O. The second-order valence-corrected chi connectivity index (χ2v) is 17.3. The highest BCUT2D eigenvalue weighted by atomic mass is 16.3. The number of nitrogens with two attached hydrogens (primary N) is 2. The van der Waals surface area contributed by atoms with Crippen molar-refractivity contribution in [3.8, 4) is 0 Å². The molecule has 1 aliphatic heterocycles. The molecular weight excluding hydrogens is 875 g/mol. The fourth-order valence-corrected chi connectivity index (χ4v) is 7.17. The number of likely N-dealkylation sites (N-methyl/N-ethyl adjacent to an activating group) is 1. The summed E-state index contributed by atoms with van der Waals surface area (Å²) < 4.78 is 0. The fraction of sp³-hybridized carbons (Fsp3) is 0.744. The number of hydrogen-bond acceptors (Lipinski definition) is 13. The van der Waals surface area contributed by atoms with Crippen LogP contribution in [-0.4, -0.2) is 169 Å². The summed E-state index contributed by atoms with van der Waals surface area (Å²) in [5.74, 6) is -7.02.